The standard InChI is InChI=1S/C12H8ClN3O4/c13-9-5-7(16(19)20)1-3-10(9)14-15-11-4-2-8(17)6-12(11)18/h1-6,17-18H. The number of halogens is 1. The Morgan fingerprint density at radius 1 is 1.05 bits per heavy atom. The van der Waals surface area contributed by atoms with Crippen LogP contribution in [0.3, 0.4) is 0 Å². The molecule has 0 spiro atoms. The summed E-state index contributed by atoms with van der Waals surface area (Å²) in [4.78, 5) is 9.99. The largest absolute Gasteiger partial charge is 0.508 e. The summed E-state index contributed by atoms with van der Waals surface area (Å²) in [6, 6.07) is 7.58. The Hall–Kier alpha value is -2.67. The molecule has 2 aromatic rings. The number of phenols is 2. The van der Waals surface area contributed by atoms with Crippen molar-refractivity contribution in [3.05, 3.63) is 51.5 Å². The van der Waals surface area contributed by atoms with E-state index < -0.39 is 4.92 Å². The van der Waals surface area contributed by atoms with Gasteiger partial charge in [0.25, 0.3) is 5.69 Å². The van der Waals surface area contributed by atoms with Gasteiger partial charge in [-0.15, -0.1) is 10.2 Å². The molecule has 2 N–H and O–H groups in total. The predicted octanol–water partition coefficient (Wildman–Crippen LogP) is 4.07. The van der Waals surface area contributed by atoms with Gasteiger partial charge in [-0.25, -0.2) is 0 Å². The Kier molecular flexibility index (Phi) is 3.81. The first-order chi connectivity index (χ1) is 9.47. The van der Waals surface area contributed by atoms with E-state index in [4.69, 9.17) is 16.7 Å². The molecule has 8 heteroatoms. The van der Waals surface area contributed by atoms with Crippen LogP contribution in [0.4, 0.5) is 17.1 Å². The number of phenolic OH excluding ortho intramolecular Hbond substituents is 2. The van der Waals surface area contributed by atoms with Crippen LogP contribution in [0.2, 0.25) is 5.02 Å². The molecule has 0 saturated heterocycles. The van der Waals surface area contributed by atoms with Crippen LogP contribution in [0.5, 0.6) is 11.5 Å². The molecule has 0 bridgehead atoms. The topological polar surface area (TPSA) is 108 Å². The molecule has 0 atom stereocenters. The number of nitro groups is 1. The Labute approximate surface area is 117 Å². The van der Waals surface area contributed by atoms with Gasteiger partial charge < -0.3 is 10.2 Å². The highest BCUT2D eigenvalue weighted by Gasteiger charge is 2.09. The van der Waals surface area contributed by atoms with Gasteiger partial charge in [-0.3, -0.25) is 10.1 Å². The number of hydrogen-bond acceptors (Lipinski definition) is 6. The molecule has 0 fully saturated rings. The van der Waals surface area contributed by atoms with Gasteiger partial charge in [-0.05, 0) is 18.2 Å². The Morgan fingerprint density at radius 2 is 1.70 bits per heavy atom. The summed E-state index contributed by atoms with van der Waals surface area (Å²) in [7, 11) is 0. The van der Waals surface area contributed by atoms with Gasteiger partial charge in [0.2, 0.25) is 0 Å². The molecule has 0 aromatic heterocycles. The fourth-order valence-electron chi connectivity index (χ4n) is 1.39. The van der Waals surface area contributed by atoms with E-state index in [1.807, 2.05) is 0 Å². The van der Waals surface area contributed by atoms with E-state index in [0.717, 1.165) is 12.1 Å². The summed E-state index contributed by atoms with van der Waals surface area (Å²) in [5.41, 5.74) is 0.211. The summed E-state index contributed by atoms with van der Waals surface area (Å²) >= 11 is 5.84. The smallest absolute Gasteiger partial charge is 0.271 e. The van der Waals surface area contributed by atoms with Crippen LogP contribution in [0.15, 0.2) is 46.6 Å². The van der Waals surface area contributed by atoms with Crippen LogP contribution in [0, 0.1) is 10.1 Å². The highest BCUT2D eigenvalue weighted by atomic mass is 35.5. The van der Waals surface area contributed by atoms with Crippen LogP contribution >= 0.6 is 11.6 Å². The molecule has 0 amide bonds. The maximum Gasteiger partial charge on any atom is 0.271 e. The third kappa shape index (κ3) is 3.01. The molecule has 0 heterocycles. The average Bonchev–Trinajstić information content (AvgIpc) is 2.38. The third-order valence-corrected chi connectivity index (χ3v) is 2.67. The van der Waals surface area contributed by atoms with Crippen molar-refractivity contribution in [3.63, 3.8) is 0 Å². The van der Waals surface area contributed by atoms with Crippen LogP contribution < -0.4 is 0 Å². The number of hydrogen-bond donors (Lipinski definition) is 2. The van der Waals surface area contributed by atoms with Gasteiger partial charge in [0, 0.05) is 18.2 Å². The number of rotatable bonds is 3. The number of aromatic hydroxyl groups is 2. The van der Waals surface area contributed by atoms with Crippen LogP contribution in [0.25, 0.3) is 0 Å². The summed E-state index contributed by atoms with van der Waals surface area (Å²) in [5, 5.41) is 36.8. The molecule has 0 saturated carbocycles. The second-order valence-electron chi connectivity index (χ2n) is 3.77. The summed E-state index contributed by atoms with van der Waals surface area (Å²) in [6.45, 7) is 0. The Balaban J connectivity index is 2.29. The van der Waals surface area contributed by atoms with Crippen LogP contribution in [0.1, 0.15) is 0 Å². The first kappa shape index (κ1) is 13.8. The zero-order chi connectivity index (χ0) is 14.7. The lowest BCUT2D eigenvalue weighted by Crippen LogP contribution is -1.86. The number of azo groups is 1. The van der Waals surface area contributed by atoms with Crippen molar-refractivity contribution < 1.29 is 15.1 Å². The maximum atomic E-state index is 10.6. The molecule has 2 aromatic carbocycles. The molecule has 20 heavy (non-hydrogen) atoms. The summed E-state index contributed by atoms with van der Waals surface area (Å²) in [5.74, 6) is -0.346. The predicted molar refractivity (Wildman–Crippen MR) is 72.1 cm³/mol. The quantitative estimate of drug-likeness (QED) is 0.505. The molecular formula is C12H8ClN3O4. The van der Waals surface area contributed by atoms with Gasteiger partial charge >= 0.3 is 0 Å². The summed E-state index contributed by atoms with van der Waals surface area (Å²) in [6.07, 6.45) is 0. The third-order valence-electron chi connectivity index (χ3n) is 2.37. The highest BCUT2D eigenvalue weighted by molar-refractivity contribution is 6.33. The fourth-order valence-corrected chi connectivity index (χ4v) is 1.61. The Bertz CT molecular complexity index is 703. The van der Waals surface area contributed by atoms with Gasteiger partial charge in [0.05, 0.1) is 9.95 Å². The van der Waals surface area contributed by atoms with E-state index >= 15 is 0 Å². The van der Waals surface area contributed by atoms with Gasteiger partial charge in [0.15, 0.2) is 0 Å². The molecule has 102 valence electrons. The minimum atomic E-state index is -0.571. The second kappa shape index (κ2) is 5.54. The lowest BCUT2D eigenvalue weighted by molar-refractivity contribution is -0.384. The van der Waals surface area contributed by atoms with Crippen molar-refractivity contribution in [1.29, 1.82) is 0 Å². The van der Waals surface area contributed by atoms with Crippen molar-refractivity contribution in [1.82, 2.24) is 0 Å². The molecule has 0 unspecified atom stereocenters. The van der Waals surface area contributed by atoms with Gasteiger partial charge in [0.1, 0.15) is 22.9 Å². The Morgan fingerprint density at radius 3 is 2.30 bits per heavy atom. The van der Waals surface area contributed by atoms with E-state index in [0.29, 0.717) is 0 Å². The molecular weight excluding hydrogens is 286 g/mol. The average molecular weight is 294 g/mol. The fraction of sp³-hybridized carbons (Fsp3) is 0. The van der Waals surface area contributed by atoms with Gasteiger partial charge in [-0.2, -0.15) is 0 Å². The van der Waals surface area contributed by atoms with Crippen LogP contribution in [-0.4, -0.2) is 15.1 Å². The first-order valence-electron chi connectivity index (χ1n) is 5.35. The number of benzene rings is 2. The van der Waals surface area contributed by atoms with Crippen molar-refractivity contribution in [2.75, 3.05) is 0 Å². The van der Waals surface area contributed by atoms with E-state index in [-0.39, 0.29) is 33.6 Å². The van der Waals surface area contributed by atoms with Crippen molar-refractivity contribution >= 4 is 28.7 Å². The molecule has 0 aliphatic carbocycles. The second-order valence-corrected chi connectivity index (χ2v) is 4.17. The molecule has 0 radical (unpaired) electrons. The van der Waals surface area contributed by atoms with Crippen molar-refractivity contribution in [2.45, 2.75) is 0 Å². The lowest BCUT2D eigenvalue weighted by Gasteiger charge is -1.99. The number of nitrogens with zero attached hydrogens (tertiary/aromatic N) is 3. The highest BCUT2D eigenvalue weighted by Crippen LogP contribution is 2.34. The van der Waals surface area contributed by atoms with Crippen molar-refractivity contribution in [2.24, 2.45) is 10.2 Å². The normalized spacial score (nSPS) is 10.8. The molecule has 0 aliphatic heterocycles. The molecule has 7 nitrogen and oxygen atoms in total. The first-order valence-corrected chi connectivity index (χ1v) is 5.73. The van der Waals surface area contributed by atoms with E-state index in [9.17, 15) is 15.2 Å². The maximum absolute atomic E-state index is 10.6. The molecule has 2 rings (SSSR count). The minimum absolute atomic E-state index is 0.0706. The number of non-ortho nitro benzene ring substituents is 1. The van der Waals surface area contributed by atoms with E-state index in [2.05, 4.69) is 10.2 Å². The monoisotopic (exact) mass is 293 g/mol. The van der Waals surface area contributed by atoms with Crippen LogP contribution in [-0.2, 0) is 0 Å². The van der Waals surface area contributed by atoms with Gasteiger partial charge in [-0.1, -0.05) is 11.6 Å². The van der Waals surface area contributed by atoms with E-state index in [1.165, 1.54) is 24.3 Å². The summed E-state index contributed by atoms with van der Waals surface area (Å²) < 4.78 is 0. The zero-order valence-electron chi connectivity index (χ0n) is 9.89. The zero-order valence-corrected chi connectivity index (χ0v) is 10.7. The SMILES string of the molecule is O=[N+]([O-])c1ccc(N=Nc2ccc(O)cc2O)c(Cl)c1. The van der Waals surface area contributed by atoms with Crippen molar-refractivity contribution in [3.8, 4) is 11.5 Å². The number of nitro benzene ring substituents is 1. The van der Waals surface area contributed by atoms with E-state index in [1.54, 1.807) is 0 Å². The lowest BCUT2D eigenvalue weighted by atomic mass is 10.3. The molecule has 0 aliphatic rings. The minimum Gasteiger partial charge on any atom is -0.508 e.